The lowest BCUT2D eigenvalue weighted by atomic mass is 10.2. The number of thioether (sulfide) groups is 10. The van der Waals surface area contributed by atoms with Crippen LogP contribution in [0.2, 0.25) is 0 Å². The van der Waals surface area contributed by atoms with Gasteiger partial charge in [0.1, 0.15) is 15.5 Å². The molecule has 4 fully saturated rings. The monoisotopic (exact) mass is 952 g/mol. The summed E-state index contributed by atoms with van der Waals surface area (Å²) in [7, 11) is 0. The van der Waals surface area contributed by atoms with Gasteiger partial charge >= 0.3 is 11.9 Å². The number of aliphatic hydroxyl groups is 4. The summed E-state index contributed by atoms with van der Waals surface area (Å²) in [4.78, 5) is 23.0. The first-order valence-electron chi connectivity index (χ1n) is 16.6. The zero-order chi connectivity index (χ0) is 39.4. The van der Waals surface area contributed by atoms with E-state index >= 15 is 0 Å². The van der Waals surface area contributed by atoms with Crippen LogP contribution in [0.5, 0.6) is 0 Å². The van der Waals surface area contributed by atoms with E-state index in [2.05, 4.69) is 13.2 Å². The van der Waals surface area contributed by atoms with E-state index in [4.69, 9.17) is 39.8 Å². The molecule has 4 heterocycles. The number of aliphatic carboxylic acids is 2. The molecule has 8 nitrogen and oxygen atoms in total. The zero-order valence-corrected chi connectivity index (χ0v) is 39.6. The van der Waals surface area contributed by atoms with Gasteiger partial charge in [0, 0.05) is 49.5 Å². The van der Waals surface area contributed by atoms with Crippen molar-refractivity contribution < 1.29 is 40.2 Å². The van der Waals surface area contributed by atoms with Gasteiger partial charge in [0.25, 0.3) is 0 Å². The molecule has 0 spiro atoms. The maximum absolute atomic E-state index is 11.3. The Morgan fingerprint density at radius 3 is 1.35 bits per heavy atom. The second kappa shape index (κ2) is 34.1. The van der Waals surface area contributed by atoms with Crippen molar-refractivity contribution in [3.05, 3.63) is 13.2 Å². The molecule has 0 radical (unpaired) electrons. The molecule has 0 aliphatic carbocycles. The van der Waals surface area contributed by atoms with Crippen molar-refractivity contribution >= 4 is 164 Å². The molecule has 0 bridgehead atoms. The Morgan fingerprint density at radius 1 is 0.635 bits per heavy atom. The average molecular weight is 954 g/mol. The number of thiocarbonyl (C=S) groups is 2. The maximum atomic E-state index is 11.3. The summed E-state index contributed by atoms with van der Waals surface area (Å²) in [6.07, 6.45) is 4.15. The Labute approximate surface area is 364 Å². The van der Waals surface area contributed by atoms with Crippen molar-refractivity contribution in [2.75, 3.05) is 74.8 Å². The molecule has 0 aromatic carbocycles. The number of rotatable bonds is 4. The van der Waals surface area contributed by atoms with E-state index in [1.807, 2.05) is 54.0 Å². The van der Waals surface area contributed by atoms with Crippen LogP contribution in [0, 0.1) is 0 Å². The third kappa shape index (κ3) is 26.3. The number of carboxylic acids is 2. The Morgan fingerprint density at radius 2 is 1.04 bits per heavy atom. The van der Waals surface area contributed by atoms with E-state index in [0.29, 0.717) is 16.4 Å². The second-order valence-corrected chi connectivity index (χ2v) is 25.0. The molecule has 0 aromatic heterocycles. The SMILES string of the molecule is C=C.CC(=S)C1CCSC(C(=O)O)(C(C)=S)S1.O=C(O)C1SCCCS1.OC1CSC(O)CS1.OC1CSCCCSCC(O)CSCCCSC1. The molecule has 4 rings (SSSR count). The third-order valence-electron chi connectivity index (χ3n) is 6.48. The minimum absolute atomic E-state index is 0.134. The van der Waals surface area contributed by atoms with E-state index in [1.165, 1.54) is 83.4 Å². The van der Waals surface area contributed by atoms with E-state index in [-0.39, 0.29) is 32.9 Å². The molecular weight excluding hydrogens is 897 g/mol. The molecule has 4 aliphatic rings. The molecule has 52 heavy (non-hydrogen) atoms. The fraction of sp³-hybridized carbons (Fsp3) is 0.812. The lowest BCUT2D eigenvalue weighted by Gasteiger charge is -2.35. The Balaban J connectivity index is 0.000000686. The van der Waals surface area contributed by atoms with Gasteiger partial charge in [0.15, 0.2) is 4.08 Å². The molecular formula is C32H56O8S12. The van der Waals surface area contributed by atoms with E-state index in [1.54, 1.807) is 6.92 Å². The Hall–Kier alpha value is 2.20. The molecule has 4 aliphatic heterocycles. The largest absolute Gasteiger partial charge is 0.480 e. The number of carboxylic acid groups (broad SMARTS) is 2. The van der Waals surface area contributed by atoms with Crippen LogP contribution in [-0.2, 0) is 9.59 Å². The normalized spacial score (nSPS) is 29.6. The minimum atomic E-state index is -0.974. The first-order valence-corrected chi connectivity index (χ1v) is 28.1. The van der Waals surface area contributed by atoms with Gasteiger partial charge < -0.3 is 30.6 Å². The van der Waals surface area contributed by atoms with Crippen LogP contribution in [0.25, 0.3) is 0 Å². The summed E-state index contributed by atoms with van der Waals surface area (Å²) in [5.41, 5.74) is -0.521. The van der Waals surface area contributed by atoms with Crippen LogP contribution < -0.4 is 0 Å². The van der Waals surface area contributed by atoms with Gasteiger partial charge in [-0.3, -0.25) is 4.79 Å². The summed E-state index contributed by atoms with van der Waals surface area (Å²) in [6, 6.07) is 0. The number of aliphatic hydroxyl groups excluding tert-OH is 4. The van der Waals surface area contributed by atoms with Gasteiger partial charge in [-0.05, 0) is 79.8 Å². The molecule has 4 atom stereocenters. The maximum Gasteiger partial charge on any atom is 0.335 e. The van der Waals surface area contributed by atoms with Gasteiger partial charge in [0.2, 0.25) is 0 Å². The molecule has 0 aromatic rings. The lowest BCUT2D eigenvalue weighted by Crippen LogP contribution is -2.43. The van der Waals surface area contributed by atoms with Crippen LogP contribution in [0.15, 0.2) is 13.2 Å². The van der Waals surface area contributed by atoms with E-state index < -0.39 is 16.0 Å². The molecule has 6 N–H and O–H groups in total. The highest BCUT2D eigenvalue weighted by molar-refractivity contribution is 8.22. The molecule has 20 heteroatoms. The fourth-order valence-corrected chi connectivity index (χ4v) is 16.5. The first kappa shape index (κ1) is 54.2. The minimum Gasteiger partial charge on any atom is -0.480 e. The van der Waals surface area contributed by atoms with Crippen molar-refractivity contribution in [3.8, 4) is 0 Å². The topological polar surface area (TPSA) is 156 Å². The highest BCUT2D eigenvalue weighted by Gasteiger charge is 2.47. The van der Waals surface area contributed by atoms with E-state index in [9.17, 15) is 24.9 Å². The van der Waals surface area contributed by atoms with Gasteiger partial charge in [-0.15, -0.1) is 83.7 Å². The summed E-state index contributed by atoms with van der Waals surface area (Å²) in [5.74, 6) is 10.6. The van der Waals surface area contributed by atoms with Gasteiger partial charge in [0.05, 0.1) is 12.2 Å². The second-order valence-electron chi connectivity index (χ2n) is 11.0. The zero-order valence-electron chi connectivity index (χ0n) is 29.8. The van der Waals surface area contributed by atoms with Crippen molar-refractivity contribution in [2.24, 2.45) is 0 Å². The Kier molecular flexibility index (Phi) is 35.5. The number of carbonyl (C=O) groups is 2. The first-order chi connectivity index (χ1) is 24.8. The fourth-order valence-electron chi connectivity index (χ4n) is 3.95. The molecule has 0 saturated carbocycles. The van der Waals surface area contributed by atoms with Crippen LogP contribution >= 0.6 is 142 Å². The lowest BCUT2D eigenvalue weighted by molar-refractivity contribution is -0.136. The summed E-state index contributed by atoms with van der Waals surface area (Å²) < 4.78 is -1.17. The van der Waals surface area contributed by atoms with Crippen molar-refractivity contribution in [1.82, 2.24) is 0 Å². The highest BCUT2D eigenvalue weighted by atomic mass is 32.2. The average Bonchev–Trinajstić information content (AvgIpc) is 3.13. The quantitative estimate of drug-likeness (QED) is 0.122. The smallest absolute Gasteiger partial charge is 0.335 e. The van der Waals surface area contributed by atoms with E-state index in [0.717, 1.165) is 81.0 Å². The van der Waals surface area contributed by atoms with Crippen molar-refractivity contribution in [3.63, 3.8) is 0 Å². The summed E-state index contributed by atoms with van der Waals surface area (Å²) in [5, 5.41) is 55.2. The molecule has 4 saturated heterocycles. The molecule has 4 unspecified atom stereocenters. The third-order valence-corrected chi connectivity index (χ3v) is 21.3. The van der Waals surface area contributed by atoms with Gasteiger partial charge in [-0.2, -0.15) is 47.0 Å². The number of hydrogen-bond acceptors (Lipinski definition) is 18. The predicted octanol–water partition coefficient (Wildman–Crippen LogP) is 7.39. The van der Waals surface area contributed by atoms with Crippen LogP contribution in [0.1, 0.15) is 39.5 Å². The Bertz CT molecular complexity index is 927. The number of hydrogen-bond donors (Lipinski definition) is 6. The van der Waals surface area contributed by atoms with Gasteiger partial charge in [-0.1, -0.05) is 24.4 Å². The highest BCUT2D eigenvalue weighted by Crippen LogP contribution is 2.47. The molecule has 0 amide bonds. The van der Waals surface area contributed by atoms with Crippen LogP contribution in [0.4, 0.5) is 0 Å². The van der Waals surface area contributed by atoms with Crippen LogP contribution in [0.3, 0.4) is 0 Å². The van der Waals surface area contributed by atoms with Crippen LogP contribution in [-0.4, -0.2) is 164 Å². The molecule has 304 valence electrons. The van der Waals surface area contributed by atoms with Crippen molar-refractivity contribution in [1.29, 1.82) is 0 Å². The summed E-state index contributed by atoms with van der Waals surface area (Å²) in [6.45, 7) is 9.57. The van der Waals surface area contributed by atoms with Gasteiger partial charge in [-0.25, -0.2) is 4.79 Å². The summed E-state index contributed by atoms with van der Waals surface area (Å²) >= 11 is 26.3. The van der Waals surface area contributed by atoms with Crippen molar-refractivity contribution in [2.45, 2.75) is 76.5 Å². The standard InChI is InChI=1S/C12H24O2S4.C9H12O2S4.C5H8O2S2.C4H8O2S2.C2H4/c13-11-7-15-3-1-4-16-8-12(14)10-18-6-2-5-17-9-11;1-5(12)7-3-4-14-9(15-7,6(2)13)8(10)11;6-4(7)5-8-2-1-3-9-5;5-3-1-7-4(6)2-8-3;1-2/h11-14H,1-10H2;7H,3-4H2,1-2H3,(H,10,11);5H,1-3H2,(H,6,7);3-6H,1-2H2;1-2H2. The predicted molar refractivity (Wildman–Crippen MR) is 255 cm³/mol.